The molecule has 1 heterocycles. The Labute approximate surface area is 115 Å². The van der Waals surface area contributed by atoms with Gasteiger partial charge in [-0.1, -0.05) is 19.1 Å². The molecule has 3 nitrogen and oxygen atoms in total. The van der Waals surface area contributed by atoms with Crippen molar-refractivity contribution in [3.63, 3.8) is 0 Å². The Kier molecular flexibility index (Phi) is 4.27. The maximum Gasteiger partial charge on any atom is 0.0608 e. The Balaban J connectivity index is 2.23. The summed E-state index contributed by atoms with van der Waals surface area (Å²) < 4.78 is 2.22. The summed E-state index contributed by atoms with van der Waals surface area (Å²) in [6.45, 7) is 8.57. The van der Waals surface area contributed by atoms with Crippen LogP contribution in [0.3, 0.4) is 0 Å². The zero-order valence-electron chi connectivity index (χ0n) is 12.1. The van der Waals surface area contributed by atoms with Gasteiger partial charge in [0.2, 0.25) is 0 Å². The third kappa shape index (κ3) is 3.58. The highest BCUT2D eigenvalue weighted by Crippen LogP contribution is 2.21. The maximum atomic E-state index is 9.84. The number of nitrogens with one attached hydrogen (secondary N) is 1. The molecule has 0 saturated heterocycles. The molecule has 0 radical (unpaired) electrons. The van der Waals surface area contributed by atoms with Crippen molar-refractivity contribution in [1.29, 1.82) is 0 Å². The molecule has 0 aliphatic rings. The predicted octanol–water partition coefficient (Wildman–Crippen LogP) is 2.91. The van der Waals surface area contributed by atoms with Crippen molar-refractivity contribution < 1.29 is 5.11 Å². The van der Waals surface area contributed by atoms with Crippen molar-refractivity contribution in [2.75, 3.05) is 6.54 Å². The molecule has 0 fully saturated rings. The third-order valence-electron chi connectivity index (χ3n) is 3.43. The minimum Gasteiger partial charge on any atom is -0.390 e. The van der Waals surface area contributed by atoms with Crippen LogP contribution >= 0.6 is 0 Å². The van der Waals surface area contributed by atoms with Crippen LogP contribution in [0.15, 0.2) is 30.5 Å². The summed E-state index contributed by atoms with van der Waals surface area (Å²) in [6, 6.07) is 8.60. The van der Waals surface area contributed by atoms with Crippen molar-refractivity contribution in [3.05, 3.63) is 36.0 Å². The molecule has 0 atom stereocenters. The van der Waals surface area contributed by atoms with E-state index in [-0.39, 0.29) is 0 Å². The topological polar surface area (TPSA) is 37.2 Å². The van der Waals surface area contributed by atoms with Gasteiger partial charge in [0.25, 0.3) is 0 Å². The monoisotopic (exact) mass is 260 g/mol. The summed E-state index contributed by atoms with van der Waals surface area (Å²) in [5.74, 6) is 0. The molecular weight excluding hydrogens is 236 g/mol. The first kappa shape index (κ1) is 14.1. The van der Waals surface area contributed by atoms with Crippen LogP contribution in [0.25, 0.3) is 10.9 Å². The van der Waals surface area contributed by atoms with Crippen molar-refractivity contribution in [1.82, 2.24) is 9.88 Å². The maximum absolute atomic E-state index is 9.84. The van der Waals surface area contributed by atoms with Crippen LogP contribution in [0.2, 0.25) is 0 Å². The van der Waals surface area contributed by atoms with Crippen molar-refractivity contribution in [2.45, 2.75) is 45.9 Å². The molecule has 0 aliphatic heterocycles. The normalized spacial score (nSPS) is 12.2. The average Bonchev–Trinajstić information content (AvgIpc) is 2.76. The summed E-state index contributed by atoms with van der Waals surface area (Å²) in [5.41, 5.74) is 1.97. The van der Waals surface area contributed by atoms with Gasteiger partial charge < -0.3 is 15.0 Å². The molecule has 0 saturated carbocycles. The van der Waals surface area contributed by atoms with Gasteiger partial charge in [-0.05, 0) is 44.5 Å². The summed E-state index contributed by atoms with van der Waals surface area (Å²) >= 11 is 0. The lowest BCUT2D eigenvalue weighted by atomic mass is 10.1. The molecule has 3 heteroatoms. The van der Waals surface area contributed by atoms with Crippen LogP contribution in [-0.2, 0) is 13.1 Å². The zero-order valence-corrected chi connectivity index (χ0v) is 12.1. The van der Waals surface area contributed by atoms with E-state index in [9.17, 15) is 5.11 Å². The smallest absolute Gasteiger partial charge is 0.0608 e. The molecule has 104 valence electrons. The first-order valence-electron chi connectivity index (χ1n) is 7.01. The quantitative estimate of drug-likeness (QED) is 0.838. The Hall–Kier alpha value is -1.32. The number of aryl methyl sites for hydroxylation is 1. The number of hydrogen-bond donors (Lipinski definition) is 2. The molecule has 0 aliphatic carbocycles. The highest BCUT2D eigenvalue weighted by Gasteiger charge is 2.13. The zero-order chi connectivity index (χ0) is 13.9. The summed E-state index contributed by atoms with van der Waals surface area (Å²) in [5, 5.41) is 14.5. The van der Waals surface area contributed by atoms with E-state index in [1.807, 2.05) is 13.8 Å². The van der Waals surface area contributed by atoms with Gasteiger partial charge >= 0.3 is 0 Å². The van der Waals surface area contributed by atoms with Crippen LogP contribution < -0.4 is 5.32 Å². The predicted molar refractivity (Wildman–Crippen MR) is 80.2 cm³/mol. The van der Waals surface area contributed by atoms with Crippen LogP contribution in [0, 0.1) is 0 Å². The summed E-state index contributed by atoms with van der Waals surface area (Å²) in [6.07, 6.45) is 2.88. The lowest BCUT2D eigenvalue weighted by molar-refractivity contribution is 0.0666. The van der Waals surface area contributed by atoms with E-state index in [0.717, 1.165) is 26.1 Å². The van der Waals surface area contributed by atoms with Gasteiger partial charge in [-0.2, -0.15) is 0 Å². The van der Waals surface area contributed by atoms with E-state index in [2.05, 4.69) is 47.3 Å². The van der Waals surface area contributed by atoms with Gasteiger partial charge in [0.1, 0.15) is 0 Å². The fourth-order valence-electron chi connectivity index (χ4n) is 2.29. The van der Waals surface area contributed by atoms with E-state index < -0.39 is 5.60 Å². The van der Waals surface area contributed by atoms with Crippen LogP contribution in [-0.4, -0.2) is 21.8 Å². The highest BCUT2D eigenvalue weighted by molar-refractivity contribution is 5.83. The summed E-state index contributed by atoms with van der Waals surface area (Å²) in [7, 11) is 0. The molecule has 0 spiro atoms. The number of fused-ring (bicyclic) bond motifs is 1. The van der Waals surface area contributed by atoms with E-state index in [1.54, 1.807) is 0 Å². The van der Waals surface area contributed by atoms with Crippen LogP contribution in [0.4, 0.5) is 0 Å². The Bertz CT molecular complexity index is 537. The van der Waals surface area contributed by atoms with Crippen LogP contribution in [0.1, 0.15) is 32.8 Å². The first-order valence-corrected chi connectivity index (χ1v) is 7.01. The standard InChI is InChI=1S/C16H24N2O/c1-4-17-12-13-6-5-7-15-14(13)8-10-18(15)11-9-16(2,3)19/h5-8,10,17,19H,4,9,11-12H2,1-3H3. The number of rotatable bonds is 6. The second-order valence-electron chi connectivity index (χ2n) is 5.70. The largest absolute Gasteiger partial charge is 0.390 e. The minimum atomic E-state index is -0.613. The van der Waals surface area contributed by atoms with E-state index in [0.29, 0.717) is 0 Å². The first-order chi connectivity index (χ1) is 9.01. The van der Waals surface area contributed by atoms with E-state index in [4.69, 9.17) is 0 Å². The van der Waals surface area contributed by atoms with Gasteiger partial charge in [-0.3, -0.25) is 0 Å². The Morgan fingerprint density at radius 1 is 1.26 bits per heavy atom. The minimum absolute atomic E-state index is 0.613. The van der Waals surface area contributed by atoms with Crippen molar-refractivity contribution >= 4 is 10.9 Å². The lowest BCUT2D eigenvalue weighted by Crippen LogP contribution is -2.20. The van der Waals surface area contributed by atoms with E-state index >= 15 is 0 Å². The molecule has 1 aromatic carbocycles. The number of aromatic nitrogens is 1. The van der Waals surface area contributed by atoms with Crippen LogP contribution in [0.5, 0.6) is 0 Å². The fourth-order valence-corrected chi connectivity index (χ4v) is 2.29. The van der Waals surface area contributed by atoms with Crippen molar-refractivity contribution in [2.24, 2.45) is 0 Å². The number of aliphatic hydroxyl groups is 1. The molecule has 2 rings (SSSR count). The molecular formula is C16H24N2O. The molecule has 1 aromatic heterocycles. The highest BCUT2D eigenvalue weighted by atomic mass is 16.3. The van der Waals surface area contributed by atoms with Crippen molar-refractivity contribution in [3.8, 4) is 0 Å². The molecule has 19 heavy (non-hydrogen) atoms. The van der Waals surface area contributed by atoms with E-state index in [1.165, 1.54) is 16.5 Å². The Morgan fingerprint density at radius 3 is 2.74 bits per heavy atom. The third-order valence-corrected chi connectivity index (χ3v) is 3.43. The van der Waals surface area contributed by atoms with Gasteiger partial charge in [0.05, 0.1) is 5.60 Å². The summed E-state index contributed by atoms with van der Waals surface area (Å²) in [4.78, 5) is 0. The lowest BCUT2D eigenvalue weighted by Gasteiger charge is -2.17. The molecule has 0 amide bonds. The molecule has 2 N–H and O–H groups in total. The second-order valence-corrected chi connectivity index (χ2v) is 5.70. The average molecular weight is 260 g/mol. The second kappa shape index (κ2) is 5.76. The molecule has 0 bridgehead atoms. The van der Waals surface area contributed by atoms with Gasteiger partial charge in [0, 0.05) is 30.2 Å². The van der Waals surface area contributed by atoms with Gasteiger partial charge in [-0.25, -0.2) is 0 Å². The number of nitrogens with zero attached hydrogens (tertiary/aromatic N) is 1. The Morgan fingerprint density at radius 2 is 2.05 bits per heavy atom. The number of benzene rings is 1. The fraction of sp³-hybridized carbons (Fsp3) is 0.500. The SMILES string of the molecule is CCNCc1cccc2c1ccn2CCC(C)(C)O. The number of hydrogen-bond acceptors (Lipinski definition) is 2. The van der Waals surface area contributed by atoms with Gasteiger partial charge in [0.15, 0.2) is 0 Å². The molecule has 2 aromatic rings. The molecule has 0 unspecified atom stereocenters. The van der Waals surface area contributed by atoms with Gasteiger partial charge in [-0.15, -0.1) is 0 Å².